The third kappa shape index (κ3) is 3.45. The first-order valence-electron chi connectivity index (χ1n) is 9.40. The molecule has 3 heteroatoms. The maximum absolute atomic E-state index is 13.3. The first-order valence-corrected chi connectivity index (χ1v) is 9.40. The molecule has 0 unspecified atom stereocenters. The van der Waals surface area contributed by atoms with Gasteiger partial charge in [0.25, 0.3) is 5.91 Å². The van der Waals surface area contributed by atoms with E-state index in [1.54, 1.807) is 6.07 Å². The number of benzene rings is 3. The molecular formula is C25H20N2O. The second kappa shape index (κ2) is 7.94. The molecule has 0 saturated carbocycles. The average molecular weight is 364 g/mol. The van der Waals surface area contributed by atoms with Crippen LogP contribution in [-0.4, -0.2) is 23.9 Å². The molecule has 3 aromatic rings. The van der Waals surface area contributed by atoms with Crippen LogP contribution in [0.3, 0.4) is 0 Å². The van der Waals surface area contributed by atoms with E-state index in [1.165, 1.54) is 11.1 Å². The van der Waals surface area contributed by atoms with Crippen LogP contribution in [0.25, 0.3) is 16.7 Å². The fraction of sp³-hybridized carbons (Fsp3) is 0.120. The van der Waals surface area contributed by atoms with E-state index in [9.17, 15) is 10.1 Å². The zero-order chi connectivity index (χ0) is 19.3. The number of nitriles is 1. The van der Waals surface area contributed by atoms with Gasteiger partial charge in [0.2, 0.25) is 0 Å². The number of carbonyl (C=O) groups is 1. The Bertz CT molecular complexity index is 1080. The van der Waals surface area contributed by atoms with Crippen LogP contribution >= 0.6 is 0 Å². The highest BCUT2D eigenvalue weighted by Gasteiger charge is 2.22. The molecule has 0 bridgehead atoms. The molecule has 1 aliphatic rings. The standard InChI is InChI=1S/C25H20N2O/c26-18-21-10-4-5-11-22(21)23-12-6-7-13-24(23)25(28)27-16-14-20(15-17-27)19-8-2-1-3-9-19/h1-14H,15-17H2. The van der Waals surface area contributed by atoms with Gasteiger partial charge in [0.15, 0.2) is 0 Å². The third-order valence-electron chi connectivity index (χ3n) is 5.14. The summed E-state index contributed by atoms with van der Waals surface area (Å²) >= 11 is 0. The molecule has 0 aromatic heterocycles. The van der Waals surface area contributed by atoms with Gasteiger partial charge in [0.1, 0.15) is 0 Å². The third-order valence-corrected chi connectivity index (χ3v) is 5.14. The quantitative estimate of drug-likeness (QED) is 0.645. The number of hydrogen-bond donors (Lipinski definition) is 0. The minimum Gasteiger partial charge on any atom is -0.335 e. The van der Waals surface area contributed by atoms with Gasteiger partial charge in [-0.25, -0.2) is 0 Å². The summed E-state index contributed by atoms with van der Waals surface area (Å²) in [6.07, 6.45) is 2.98. The van der Waals surface area contributed by atoms with Gasteiger partial charge >= 0.3 is 0 Å². The topological polar surface area (TPSA) is 44.1 Å². The van der Waals surface area contributed by atoms with Gasteiger partial charge < -0.3 is 4.90 Å². The highest BCUT2D eigenvalue weighted by molar-refractivity contribution is 6.01. The average Bonchev–Trinajstić information content (AvgIpc) is 2.79. The Morgan fingerprint density at radius 1 is 0.857 bits per heavy atom. The predicted molar refractivity (Wildman–Crippen MR) is 112 cm³/mol. The Morgan fingerprint density at radius 3 is 2.25 bits per heavy atom. The van der Waals surface area contributed by atoms with Crippen molar-refractivity contribution in [2.24, 2.45) is 0 Å². The van der Waals surface area contributed by atoms with Crippen LogP contribution in [0, 0.1) is 11.3 Å². The summed E-state index contributed by atoms with van der Waals surface area (Å²) in [4.78, 5) is 15.1. The van der Waals surface area contributed by atoms with Crippen LogP contribution in [0.2, 0.25) is 0 Å². The van der Waals surface area contributed by atoms with Crippen molar-refractivity contribution >= 4 is 11.5 Å². The van der Waals surface area contributed by atoms with Crippen molar-refractivity contribution < 1.29 is 4.79 Å². The Labute approximate surface area is 165 Å². The zero-order valence-corrected chi connectivity index (χ0v) is 15.5. The van der Waals surface area contributed by atoms with E-state index in [0.717, 1.165) is 17.5 Å². The van der Waals surface area contributed by atoms with Crippen LogP contribution in [0.5, 0.6) is 0 Å². The lowest BCUT2D eigenvalue weighted by atomic mass is 9.94. The van der Waals surface area contributed by atoms with E-state index in [2.05, 4.69) is 24.3 Å². The minimum atomic E-state index is 0.00621. The molecule has 0 radical (unpaired) electrons. The molecule has 4 rings (SSSR count). The molecule has 0 N–H and O–H groups in total. The van der Waals surface area contributed by atoms with Crippen LogP contribution in [0.15, 0.2) is 84.9 Å². The number of hydrogen-bond acceptors (Lipinski definition) is 2. The van der Waals surface area contributed by atoms with Crippen molar-refractivity contribution in [3.8, 4) is 17.2 Å². The van der Waals surface area contributed by atoms with Gasteiger partial charge in [-0.05, 0) is 35.3 Å². The normalized spacial score (nSPS) is 13.5. The summed E-state index contributed by atoms with van der Waals surface area (Å²) in [5, 5.41) is 9.44. The van der Waals surface area contributed by atoms with Crippen LogP contribution in [-0.2, 0) is 0 Å². The second-order valence-corrected chi connectivity index (χ2v) is 6.80. The van der Waals surface area contributed by atoms with E-state index in [0.29, 0.717) is 24.2 Å². The van der Waals surface area contributed by atoms with Gasteiger partial charge in [-0.1, -0.05) is 72.8 Å². The van der Waals surface area contributed by atoms with E-state index >= 15 is 0 Å². The monoisotopic (exact) mass is 364 g/mol. The number of carbonyl (C=O) groups excluding carboxylic acids is 1. The van der Waals surface area contributed by atoms with Gasteiger partial charge in [0, 0.05) is 24.2 Å². The van der Waals surface area contributed by atoms with Crippen molar-refractivity contribution in [2.75, 3.05) is 13.1 Å². The number of amides is 1. The molecule has 0 spiro atoms. The zero-order valence-electron chi connectivity index (χ0n) is 15.5. The van der Waals surface area contributed by atoms with Gasteiger partial charge in [-0.2, -0.15) is 5.26 Å². The Balaban J connectivity index is 1.62. The molecule has 1 heterocycles. The van der Waals surface area contributed by atoms with Crippen molar-refractivity contribution in [3.05, 3.63) is 102 Å². The summed E-state index contributed by atoms with van der Waals surface area (Å²) in [5.41, 5.74) is 5.33. The van der Waals surface area contributed by atoms with E-state index in [-0.39, 0.29) is 5.91 Å². The van der Waals surface area contributed by atoms with Crippen LogP contribution in [0.1, 0.15) is 27.9 Å². The fourth-order valence-corrected chi connectivity index (χ4v) is 3.66. The Hall–Kier alpha value is -3.64. The maximum atomic E-state index is 13.3. The van der Waals surface area contributed by atoms with E-state index in [4.69, 9.17) is 0 Å². The largest absolute Gasteiger partial charge is 0.335 e. The SMILES string of the molecule is N#Cc1ccccc1-c1ccccc1C(=O)N1CC=C(c2ccccc2)CC1. The lowest BCUT2D eigenvalue weighted by Gasteiger charge is -2.27. The molecule has 0 atom stereocenters. The first-order chi connectivity index (χ1) is 13.8. The van der Waals surface area contributed by atoms with Crippen LogP contribution < -0.4 is 0 Å². The molecule has 1 aliphatic heterocycles. The molecule has 28 heavy (non-hydrogen) atoms. The minimum absolute atomic E-state index is 0.00621. The lowest BCUT2D eigenvalue weighted by molar-refractivity contribution is 0.0773. The van der Waals surface area contributed by atoms with Crippen molar-refractivity contribution in [1.29, 1.82) is 5.26 Å². The van der Waals surface area contributed by atoms with Crippen molar-refractivity contribution in [2.45, 2.75) is 6.42 Å². The smallest absolute Gasteiger partial charge is 0.254 e. The second-order valence-electron chi connectivity index (χ2n) is 6.80. The Kier molecular flexibility index (Phi) is 5.03. The van der Waals surface area contributed by atoms with Gasteiger partial charge in [0.05, 0.1) is 11.6 Å². The number of nitrogens with zero attached hydrogens (tertiary/aromatic N) is 2. The first kappa shape index (κ1) is 17.8. The van der Waals surface area contributed by atoms with Gasteiger partial charge in [-0.15, -0.1) is 0 Å². The maximum Gasteiger partial charge on any atom is 0.254 e. The Morgan fingerprint density at radius 2 is 1.54 bits per heavy atom. The van der Waals surface area contributed by atoms with E-state index in [1.807, 2.05) is 65.6 Å². The molecule has 0 saturated heterocycles. The molecule has 3 aromatic carbocycles. The summed E-state index contributed by atoms with van der Waals surface area (Å²) in [7, 11) is 0. The lowest BCUT2D eigenvalue weighted by Crippen LogP contribution is -2.35. The highest BCUT2D eigenvalue weighted by atomic mass is 16.2. The summed E-state index contributed by atoms with van der Waals surface area (Å²) in [6.45, 7) is 1.28. The molecule has 3 nitrogen and oxygen atoms in total. The van der Waals surface area contributed by atoms with Crippen molar-refractivity contribution in [1.82, 2.24) is 4.90 Å². The predicted octanol–water partition coefficient (Wildman–Crippen LogP) is 5.15. The number of rotatable bonds is 3. The molecule has 1 amide bonds. The molecular weight excluding hydrogens is 344 g/mol. The van der Waals surface area contributed by atoms with E-state index < -0.39 is 0 Å². The fourth-order valence-electron chi connectivity index (χ4n) is 3.66. The summed E-state index contributed by atoms with van der Waals surface area (Å²) < 4.78 is 0. The van der Waals surface area contributed by atoms with Gasteiger partial charge in [-0.3, -0.25) is 4.79 Å². The highest BCUT2D eigenvalue weighted by Crippen LogP contribution is 2.29. The van der Waals surface area contributed by atoms with Crippen LogP contribution in [0.4, 0.5) is 0 Å². The van der Waals surface area contributed by atoms with Crippen molar-refractivity contribution in [3.63, 3.8) is 0 Å². The summed E-state index contributed by atoms with van der Waals surface area (Å²) in [5.74, 6) is 0.00621. The molecule has 0 fully saturated rings. The summed E-state index contributed by atoms with van der Waals surface area (Å²) in [6, 6.07) is 27.5. The molecule has 136 valence electrons. The molecule has 0 aliphatic carbocycles.